The third kappa shape index (κ3) is 1.73. The first-order valence-corrected chi connectivity index (χ1v) is 8.57. The molecule has 0 spiro atoms. The molecule has 3 nitrogen and oxygen atoms in total. The van der Waals surface area contributed by atoms with E-state index < -0.39 is 0 Å². The fourth-order valence-corrected chi connectivity index (χ4v) is 4.63. The molecule has 4 unspecified atom stereocenters. The van der Waals surface area contributed by atoms with Crippen LogP contribution in [0.2, 0.25) is 0 Å². The van der Waals surface area contributed by atoms with Gasteiger partial charge in [-0.3, -0.25) is 9.59 Å². The summed E-state index contributed by atoms with van der Waals surface area (Å²) in [5, 5.41) is 0. The summed E-state index contributed by atoms with van der Waals surface area (Å²) >= 11 is 2.22. The molecule has 0 N–H and O–H groups in total. The molecule has 1 saturated heterocycles. The minimum atomic E-state index is -0.202. The van der Waals surface area contributed by atoms with Crippen LogP contribution in [0.5, 0.6) is 0 Å². The van der Waals surface area contributed by atoms with Crippen molar-refractivity contribution < 1.29 is 9.59 Å². The predicted molar refractivity (Wildman–Crippen MR) is 93.1 cm³/mol. The number of amides is 2. The van der Waals surface area contributed by atoms with Gasteiger partial charge in [-0.2, -0.15) is 0 Å². The SMILES string of the molecule is CC(C)=C1C2C=CC1C1C(=O)N(c3ccc(I)cc3)C(=O)C21. The molecule has 2 amide bonds. The van der Waals surface area contributed by atoms with Crippen LogP contribution in [0.3, 0.4) is 0 Å². The van der Waals surface area contributed by atoms with Crippen LogP contribution in [-0.4, -0.2) is 11.8 Å². The molecule has 1 aromatic carbocycles. The Balaban J connectivity index is 1.76. The predicted octanol–water partition coefficient (Wildman–Crippen LogP) is 3.55. The average Bonchev–Trinajstić information content (AvgIpc) is 3.11. The van der Waals surface area contributed by atoms with Gasteiger partial charge in [0.15, 0.2) is 0 Å². The minimum Gasteiger partial charge on any atom is -0.274 e. The summed E-state index contributed by atoms with van der Waals surface area (Å²) in [6.07, 6.45) is 4.24. The highest BCUT2D eigenvalue weighted by atomic mass is 127. The number of anilines is 1. The van der Waals surface area contributed by atoms with E-state index in [1.165, 1.54) is 16.0 Å². The van der Waals surface area contributed by atoms with Crippen LogP contribution in [0.4, 0.5) is 5.69 Å². The van der Waals surface area contributed by atoms with Crippen LogP contribution in [0.15, 0.2) is 47.6 Å². The lowest BCUT2D eigenvalue weighted by Gasteiger charge is -2.19. The van der Waals surface area contributed by atoms with Gasteiger partial charge in [0, 0.05) is 15.4 Å². The van der Waals surface area contributed by atoms with Gasteiger partial charge in [0.25, 0.3) is 0 Å². The topological polar surface area (TPSA) is 37.4 Å². The molecule has 0 radical (unpaired) electrons. The molecule has 2 fully saturated rings. The Morgan fingerprint density at radius 3 is 1.91 bits per heavy atom. The fraction of sp³-hybridized carbons (Fsp3) is 0.333. The standard InChI is InChI=1S/C18H16INO2/c1-9(2)14-12-7-8-13(14)16-15(12)17(21)20(18(16)22)11-5-3-10(19)4-6-11/h3-8,12-13,15-16H,1-2H3. The molecular formula is C18H16INO2. The van der Waals surface area contributed by atoms with E-state index >= 15 is 0 Å². The number of carbonyl (C=O) groups is 2. The largest absolute Gasteiger partial charge is 0.274 e. The van der Waals surface area contributed by atoms with Crippen molar-refractivity contribution in [3.8, 4) is 0 Å². The number of rotatable bonds is 1. The van der Waals surface area contributed by atoms with Crippen molar-refractivity contribution >= 4 is 40.1 Å². The van der Waals surface area contributed by atoms with E-state index in [2.05, 4.69) is 48.6 Å². The maximum Gasteiger partial charge on any atom is 0.238 e. The number of nitrogens with zero attached hydrogens (tertiary/aromatic N) is 1. The summed E-state index contributed by atoms with van der Waals surface area (Å²) in [5.41, 5.74) is 3.23. The Labute approximate surface area is 143 Å². The Morgan fingerprint density at radius 1 is 0.955 bits per heavy atom. The van der Waals surface area contributed by atoms with E-state index in [1.807, 2.05) is 24.3 Å². The molecule has 22 heavy (non-hydrogen) atoms. The molecule has 1 heterocycles. The fourth-order valence-electron chi connectivity index (χ4n) is 4.27. The van der Waals surface area contributed by atoms with Gasteiger partial charge in [-0.1, -0.05) is 23.3 Å². The molecule has 3 aliphatic rings. The van der Waals surface area contributed by atoms with E-state index in [1.54, 1.807) is 0 Å². The second kappa shape index (κ2) is 4.78. The van der Waals surface area contributed by atoms with Crippen molar-refractivity contribution in [1.29, 1.82) is 0 Å². The maximum absolute atomic E-state index is 12.9. The van der Waals surface area contributed by atoms with Gasteiger partial charge in [-0.25, -0.2) is 4.90 Å². The number of benzene rings is 1. The van der Waals surface area contributed by atoms with E-state index in [4.69, 9.17) is 0 Å². The van der Waals surface area contributed by atoms with Gasteiger partial charge in [0.2, 0.25) is 11.8 Å². The number of hydrogen-bond donors (Lipinski definition) is 0. The van der Waals surface area contributed by atoms with Crippen molar-refractivity contribution in [2.45, 2.75) is 13.8 Å². The molecule has 2 bridgehead atoms. The highest BCUT2D eigenvalue weighted by Crippen LogP contribution is 2.57. The van der Waals surface area contributed by atoms with Crippen LogP contribution in [0.1, 0.15) is 13.8 Å². The lowest BCUT2D eigenvalue weighted by molar-refractivity contribution is -0.122. The number of allylic oxidation sites excluding steroid dienone is 4. The Hall–Kier alpha value is -1.43. The van der Waals surface area contributed by atoms with Crippen LogP contribution in [-0.2, 0) is 9.59 Å². The van der Waals surface area contributed by atoms with Crippen LogP contribution in [0, 0.1) is 27.2 Å². The van der Waals surface area contributed by atoms with Crippen molar-refractivity contribution in [1.82, 2.24) is 0 Å². The van der Waals surface area contributed by atoms with Crippen LogP contribution < -0.4 is 4.90 Å². The molecular weight excluding hydrogens is 389 g/mol. The third-order valence-corrected chi connectivity index (χ3v) is 5.80. The first-order chi connectivity index (χ1) is 10.5. The summed E-state index contributed by atoms with van der Waals surface area (Å²) in [4.78, 5) is 27.2. The summed E-state index contributed by atoms with van der Waals surface area (Å²) in [7, 11) is 0. The van der Waals surface area contributed by atoms with Gasteiger partial charge in [0.1, 0.15) is 0 Å². The first kappa shape index (κ1) is 14.2. The molecule has 4 heteroatoms. The zero-order chi connectivity index (χ0) is 15.6. The Bertz CT molecular complexity index is 709. The lowest BCUT2D eigenvalue weighted by atomic mass is 9.85. The second-order valence-electron chi connectivity index (χ2n) is 6.43. The smallest absolute Gasteiger partial charge is 0.238 e. The number of halogens is 1. The van der Waals surface area contributed by atoms with E-state index in [9.17, 15) is 9.59 Å². The van der Waals surface area contributed by atoms with Crippen molar-refractivity contribution in [2.75, 3.05) is 4.90 Å². The summed E-state index contributed by atoms with van der Waals surface area (Å²) in [6, 6.07) is 7.57. The molecule has 112 valence electrons. The van der Waals surface area contributed by atoms with Crippen molar-refractivity contribution in [3.05, 3.63) is 51.1 Å². The van der Waals surface area contributed by atoms with Gasteiger partial charge in [-0.05, 0) is 60.7 Å². The Kier molecular flexibility index (Phi) is 3.08. The molecule has 2 aliphatic carbocycles. The number of hydrogen-bond acceptors (Lipinski definition) is 2. The first-order valence-electron chi connectivity index (χ1n) is 7.49. The van der Waals surface area contributed by atoms with Gasteiger partial charge >= 0.3 is 0 Å². The summed E-state index contributed by atoms with van der Waals surface area (Å²) in [6.45, 7) is 4.16. The quantitative estimate of drug-likeness (QED) is 0.407. The van der Waals surface area contributed by atoms with Gasteiger partial charge in [-0.15, -0.1) is 0 Å². The van der Waals surface area contributed by atoms with Crippen LogP contribution >= 0.6 is 22.6 Å². The summed E-state index contributed by atoms with van der Waals surface area (Å²) in [5.74, 6) is -0.243. The molecule has 1 saturated carbocycles. The van der Waals surface area contributed by atoms with Crippen molar-refractivity contribution in [2.24, 2.45) is 23.7 Å². The molecule has 1 aromatic rings. The maximum atomic E-state index is 12.9. The van der Waals surface area contributed by atoms with Gasteiger partial charge in [0.05, 0.1) is 17.5 Å². The average molecular weight is 405 g/mol. The van der Waals surface area contributed by atoms with Gasteiger partial charge < -0.3 is 0 Å². The zero-order valence-electron chi connectivity index (χ0n) is 12.4. The monoisotopic (exact) mass is 405 g/mol. The normalized spacial score (nSPS) is 32.1. The lowest BCUT2D eigenvalue weighted by Crippen LogP contribution is -2.33. The summed E-state index contributed by atoms with van der Waals surface area (Å²) < 4.78 is 1.09. The highest BCUT2D eigenvalue weighted by molar-refractivity contribution is 14.1. The third-order valence-electron chi connectivity index (χ3n) is 5.08. The van der Waals surface area contributed by atoms with E-state index in [-0.39, 0.29) is 35.5 Å². The zero-order valence-corrected chi connectivity index (χ0v) is 14.6. The molecule has 4 rings (SSSR count). The highest BCUT2D eigenvalue weighted by Gasteiger charge is 2.61. The van der Waals surface area contributed by atoms with Crippen LogP contribution in [0.25, 0.3) is 0 Å². The minimum absolute atomic E-state index is 0.0354. The van der Waals surface area contributed by atoms with E-state index in [0.717, 1.165) is 3.57 Å². The molecule has 1 aliphatic heterocycles. The number of imide groups is 1. The number of fused-ring (bicyclic) bond motifs is 5. The molecule has 4 atom stereocenters. The van der Waals surface area contributed by atoms with E-state index in [0.29, 0.717) is 5.69 Å². The number of carbonyl (C=O) groups excluding carboxylic acids is 2. The molecule has 0 aromatic heterocycles. The van der Waals surface area contributed by atoms with Crippen molar-refractivity contribution in [3.63, 3.8) is 0 Å². The second-order valence-corrected chi connectivity index (χ2v) is 7.68. The Morgan fingerprint density at radius 2 is 1.45 bits per heavy atom.